The molecule has 1 aliphatic rings. The number of nitrogens with zero attached hydrogens (tertiary/aromatic N) is 2. The molecule has 5 nitrogen and oxygen atoms in total. The summed E-state index contributed by atoms with van der Waals surface area (Å²) in [5.74, 6) is 0.227. The fraction of sp³-hybridized carbons (Fsp3) is 0.348. The van der Waals surface area contributed by atoms with Crippen molar-refractivity contribution in [2.45, 2.75) is 32.6 Å². The van der Waals surface area contributed by atoms with Gasteiger partial charge in [0.25, 0.3) is 5.91 Å². The predicted octanol–water partition coefficient (Wildman–Crippen LogP) is 4.47. The molecule has 29 heavy (non-hydrogen) atoms. The molecule has 152 valence electrons. The van der Waals surface area contributed by atoms with Crippen LogP contribution in [0.5, 0.6) is 0 Å². The number of hydrazone groups is 1. The lowest BCUT2D eigenvalue weighted by Crippen LogP contribution is -2.42. The molecule has 3 rings (SSSR count). The number of carbonyl (C=O) groups excluding carboxylic acids is 2. The highest BCUT2D eigenvalue weighted by molar-refractivity contribution is 6.30. The van der Waals surface area contributed by atoms with Gasteiger partial charge in [-0.3, -0.25) is 9.59 Å². The third-order valence-electron chi connectivity index (χ3n) is 5.24. The number of carbonyl (C=O) groups is 2. The number of halogens is 1. The van der Waals surface area contributed by atoms with E-state index in [0.29, 0.717) is 42.4 Å². The standard InChI is InChI=1S/C23H26ClN3O2/c1-16(2)18-5-3-17(4-6-18)15-25-26-22(28)19-11-13-27(14-12-19)23(29)20-7-9-21(24)10-8-20/h3-10,15-16,19H,11-14H2,1-2H3,(H,26,28)/b25-15-. The van der Waals surface area contributed by atoms with Gasteiger partial charge in [-0.15, -0.1) is 0 Å². The van der Waals surface area contributed by atoms with Crippen molar-refractivity contribution in [1.82, 2.24) is 10.3 Å². The van der Waals surface area contributed by atoms with Crippen molar-refractivity contribution in [3.63, 3.8) is 0 Å². The van der Waals surface area contributed by atoms with Gasteiger partial charge in [-0.05, 0) is 54.2 Å². The highest BCUT2D eigenvalue weighted by atomic mass is 35.5. The molecular weight excluding hydrogens is 386 g/mol. The number of likely N-dealkylation sites (tertiary alicyclic amines) is 1. The molecule has 0 saturated carbocycles. The van der Waals surface area contributed by atoms with Gasteiger partial charge in [-0.2, -0.15) is 5.10 Å². The molecule has 0 aromatic heterocycles. The fourth-order valence-electron chi connectivity index (χ4n) is 3.35. The van der Waals surface area contributed by atoms with Gasteiger partial charge in [0, 0.05) is 29.6 Å². The molecule has 2 amide bonds. The molecule has 1 heterocycles. The summed E-state index contributed by atoms with van der Waals surface area (Å²) >= 11 is 5.88. The van der Waals surface area contributed by atoms with E-state index in [9.17, 15) is 9.59 Å². The summed E-state index contributed by atoms with van der Waals surface area (Å²) < 4.78 is 0. The van der Waals surface area contributed by atoms with Crippen molar-refractivity contribution in [2.75, 3.05) is 13.1 Å². The smallest absolute Gasteiger partial charge is 0.253 e. The monoisotopic (exact) mass is 411 g/mol. The molecular formula is C23H26ClN3O2. The minimum Gasteiger partial charge on any atom is -0.339 e. The van der Waals surface area contributed by atoms with Crippen molar-refractivity contribution in [2.24, 2.45) is 11.0 Å². The van der Waals surface area contributed by atoms with Crippen LogP contribution in [0.1, 0.15) is 54.1 Å². The summed E-state index contributed by atoms with van der Waals surface area (Å²) in [6, 6.07) is 15.0. The van der Waals surface area contributed by atoms with Crippen LogP contribution >= 0.6 is 11.6 Å². The zero-order valence-electron chi connectivity index (χ0n) is 16.8. The van der Waals surface area contributed by atoms with Gasteiger partial charge in [0.1, 0.15) is 0 Å². The molecule has 0 spiro atoms. The lowest BCUT2D eigenvalue weighted by atomic mass is 9.95. The number of piperidine rings is 1. The second-order valence-corrected chi connectivity index (χ2v) is 8.07. The Morgan fingerprint density at radius 1 is 1.07 bits per heavy atom. The lowest BCUT2D eigenvalue weighted by Gasteiger charge is -2.31. The van der Waals surface area contributed by atoms with Gasteiger partial charge < -0.3 is 4.90 Å². The van der Waals surface area contributed by atoms with Gasteiger partial charge in [-0.1, -0.05) is 49.7 Å². The first-order valence-electron chi connectivity index (χ1n) is 9.92. The van der Waals surface area contributed by atoms with Crippen LogP contribution in [0.15, 0.2) is 53.6 Å². The lowest BCUT2D eigenvalue weighted by molar-refractivity contribution is -0.126. The van der Waals surface area contributed by atoms with Crippen molar-refractivity contribution >= 4 is 29.6 Å². The van der Waals surface area contributed by atoms with Crippen LogP contribution < -0.4 is 5.43 Å². The number of amides is 2. The Morgan fingerprint density at radius 3 is 2.28 bits per heavy atom. The highest BCUT2D eigenvalue weighted by Crippen LogP contribution is 2.20. The van der Waals surface area contributed by atoms with E-state index in [0.717, 1.165) is 5.56 Å². The molecule has 2 aromatic rings. The second kappa shape index (κ2) is 9.70. The summed E-state index contributed by atoms with van der Waals surface area (Å²) in [7, 11) is 0. The van der Waals surface area contributed by atoms with E-state index >= 15 is 0 Å². The zero-order chi connectivity index (χ0) is 20.8. The Kier molecular flexibility index (Phi) is 7.04. The van der Waals surface area contributed by atoms with Gasteiger partial charge >= 0.3 is 0 Å². The third kappa shape index (κ3) is 5.67. The molecule has 0 atom stereocenters. The predicted molar refractivity (Wildman–Crippen MR) is 116 cm³/mol. The number of benzene rings is 2. The van der Waals surface area contributed by atoms with E-state index in [4.69, 9.17) is 11.6 Å². The number of nitrogens with one attached hydrogen (secondary N) is 1. The van der Waals surface area contributed by atoms with Crippen LogP contribution in [-0.4, -0.2) is 36.0 Å². The molecule has 0 unspecified atom stereocenters. The first-order valence-corrected chi connectivity index (χ1v) is 10.3. The fourth-order valence-corrected chi connectivity index (χ4v) is 3.47. The minimum atomic E-state index is -0.135. The summed E-state index contributed by atoms with van der Waals surface area (Å²) in [4.78, 5) is 26.7. The zero-order valence-corrected chi connectivity index (χ0v) is 17.5. The maximum absolute atomic E-state index is 12.5. The molecule has 1 fully saturated rings. The molecule has 0 bridgehead atoms. The van der Waals surface area contributed by atoms with E-state index in [1.54, 1.807) is 35.4 Å². The van der Waals surface area contributed by atoms with Crippen LogP contribution in [0.4, 0.5) is 0 Å². The maximum atomic E-state index is 12.5. The van der Waals surface area contributed by atoms with E-state index in [1.165, 1.54) is 5.56 Å². The topological polar surface area (TPSA) is 61.8 Å². The van der Waals surface area contributed by atoms with Gasteiger partial charge in [0.15, 0.2) is 0 Å². The summed E-state index contributed by atoms with van der Waals surface area (Å²) in [6.45, 7) is 5.41. The SMILES string of the molecule is CC(C)c1ccc(/C=N\NC(=O)C2CCN(C(=O)c3ccc(Cl)cc3)CC2)cc1. The van der Waals surface area contributed by atoms with Crippen molar-refractivity contribution in [1.29, 1.82) is 0 Å². The van der Waals surface area contributed by atoms with E-state index in [1.807, 2.05) is 12.1 Å². The van der Waals surface area contributed by atoms with Crippen LogP contribution in [-0.2, 0) is 4.79 Å². The molecule has 1 N–H and O–H groups in total. The average Bonchev–Trinajstić information content (AvgIpc) is 2.74. The quantitative estimate of drug-likeness (QED) is 0.583. The highest BCUT2D eigenvalue weighted by Gasteiger charge is 2.27. The van der Waals surface area contributed by atoms with Crippen LogP contribution in [0.25, 0.3) is 0 Å². The number of rotatable bonds is 5. The van der Waals surface area contributed by atoms with Gasteiger partial charge in [0.2, 0.25) is 5.91 Å². The van der Waals surface area contributed by atoms with Crippen LogP contribution in [0, 0.1) is 5.92 Å². The number of hydrogen-bond acceptors (Lipinski definition) is 3. The Bertz CT molecular complexity index is 868. The Labute approximate surface area is 176 Å². The molecule has 0 radical (unpaired) electrons. The Balaban J connectivity index is 1.47. The van der Waals surface area contributed by atoms with Crippen LogP contribution in [0.3, 0.4) is 0 Å². The Hall–Kier alpha value is -2.66. The van der Waals surface area contributed by atoms with E-state index in [2.05, 4.69) is 36.5 Å². The summed E-state index contributed by atoms with van der Waals surface area (Å²) in [5.41, 5.74) is 5.46. The van der Waals surface area contributed by atoms with Gasteiger partial charge in [0.05, 0.1) is 6.21 Å². The molecule has 0 aliphatic carbocycles. The molecule has 2 aromatic carbocycles. The third-order valence-corrected chi connectivity index (χ3v) is 5.49. The summed E-state index contributed by atoms with van der Waals surface area (Å²) in [6.07, 6.45) is 2.91. The van der Waals surface area contributed by atoms with E-state index in [-0.39, 0.29) is 17.7 Å². The minimum absolute atomic E-state index is 0.0246. The van der Waals surface area contributed by atoms with Gasteiger partial charge in [-0.25, -0.2) is 5.43 Å². The average molecular weight is 412 g/mol. The first-order chi connectivity index (χ1) is 13.9. The summed E-state index contributed by atoms with van der Waals surface area (Å²) in [5, 5.41) is 4.69. The normalized spacial score (nSPS) is 15.1. The molecule has 1 saturated heterocycles. The maximum Gasteiger partial charge on any atom is 0.253 e. The molecule has 1 aliphatic heterocycles. The number of hydrogen-bond donors (Lipinski definition) is 1. The van der Waals surface area contributed by atoms with E-state index < -0.39 is 0 Å². The van der Waals surface area contributed by atoms with Crippen molar-refractivity contribution < 1.29 is 9.59 Å². The van der Waals surface area contributed by atoms with Crippen molar-refractivity contribution in [3.8, 4) is 0 Å². The second-order valence-electron chi connectivity index (χ2n) is 7.63. The Morgan fingerprint density at radius 2 is 1.69 bits per heavy atom. The largest absolute Gasteiger partial charge is 0.339 e. The van der Waals surface area contributed by atoms with Crippen LogP contribution in [0.2, 0.25) is 5.02 Å². The van der Waals surface area contributed by atoms with Crippen molar-refractivity contribution in [3.05, 3.63) is 70.2 Å². The first kappa shape index (κ1) is 21.1. The molecule has 6 heteroatoms.